The molecule has 2 rings (SSSR count). The van der Waals surface area contributed by atoms with Crippen molar-refractivity contribution >= 4 is 33.0 Å². The van der Waals surface area contributed by atoms with Crippen molar-refractivity contribution < 1.29 is 4.74 Å². The molecule has 3 nitrogen and oxygen atoms in total. The molecule has 0 saturated carbocycles. The van der Waals surface area contributed by atoms with E-state index in [1.54, 1.807) is 7.11 Å². The Bertz CT molecular complexity index is 608. The van der Waals surface area contributed by atoms with Crippen LogP contribution >= 0.6 is 15.9 Å². The minimum Gasteiger partial charge on any atom is -0.364 e. The van der Waals surface area contributed by atoms with Gasteiger partial charge < -0.3 is 9.30 Å². The standard InChI is InChI=1S/C15H19BrN2O/c1-15(2,3)17-9-12-11-7-5-6-8-13(11)18(10-19-4)14(12)16/h5-9H,10H2,1-4H3. The van der Waals surface area contributed by atoms with E-state index >= 15 is 0 Å². The molecular weight excluding hydrogens is 304 g/mol. The Morgan fingerprint density at radius 2 is 2.00 bits per heavy atom. The van der Waals surface area contributed by atoms with Crippen LogP contribution in [0.25, 0.3) is 10.9 Å². The van der Waals surface area contributed by atoms with Crippen LogP contribution in [-0.4, -0.2) is 23.4 Å². The van der Waals surface area contributed by atoms with Crippen LogP contribution < -0.4 is 0 Å². The van der Waals surface area contributed by atoms with Gasteiger partial charge >= 0.3 is 0 Å². The minimum atomic E-state index is -0.0795. The number of fused-ring (bicyclic) bond motifs is 1. The van der Waals surface area contributed by atoms with E-state index in [1.807, 2.05) is 18.3 Å². The summed E-state index contributed by atoms with van der Waals surface area (Å²) in [5.74, 6) is 0. The summed E-state index contributed by atoms with van der Waals surface area (Å²) in [6.45, 7) is 6.79. The van der Waals surface area contributed by atoms with Crippen molar-refractivity contribution in [2.45, 2.75) is 33.0 Å². The number of hydrogen-bond donors (Lipinski definition) is 0. The average molecular weight is 323 g/mol. The molecular formula is C15H19BrN2O. The number of hydrogen-bond acceptors (Lipinski definition) is 2. The van der Waals surface area contributed by atoms with Crippen LogP contribution in [0.2, 0.25) is 0 Å². The SMILES string of the molecule is COCn1c(Br)c(C=NC(C)(C)C)c2ccccc21. The molecule has 0 bridgehead atoms. The van der Waals surface area contributed by atoms with Gasteiger partial charge in [0.2, 0.25) is 0 Å². The van der Waals surface area contributed by atoms with E-state index in [-0.39, 0.29) is 5.54 Å². The number of aromatic nitrogens is 1. The summed E-state index contributed by atoms with van der Waals surface area (Å²) in [6, 6.07) is 8.27. The second kappa shape index (κ2) is 5.47. The maximum atomic E-state index is 5.26. The Hall–Kier alpha value is -1.13. The first kappa shape index (κ1) is 14.3. The van der Waals surface area contributed by atoms with Crippen molar-refractivity contribution in [3.05, 3.63) is 34.4 Å². The van der Waals surface area contributed by atoms with Gasteiger partial charge in [0.15, 0.2) is 0 Å². The van der Waals surface area contributed by atoms with Gasteiger partial charge in [0.05, 0.1) is 15.7 Å². The Labute approximate surface area is 122 Å². The lowest BCUT2D eigenvalue weighted by atomic mass is 10.1. The molecule has 0 unspecified atom stereocenters. The highest BCUT2D eigenvalue weighted by Crippen LogP contribution is 2.29. The molecule has 0 N–H and O–H groups in total. The van der Waals surface area contributed by atoms with Crippen LogP contribution in [0, 0.1) is 0 Å². The van der Waals surface area contributed by atoms with Crippen LogP contribution in [0.15, 0.2) is 33.9 Å². The molecule has 0 aliphatic carbocycles. The fourth-order valence-electron chi connectivity index (χ4n) is 1.94. The molecule has 1 heterocycles. The summed E-state index contributed by atoms with van der Waals surface area (Å²) in [5, 5.41) is 1.18. The van der Waals surface area contributed by atoms with E-state index < -0.39 is 0 Å². The van der Waals surface area contributed by atoms with Crippen LogP contribution in [0.4, 0.5) is 0 Å². The van der Waals surface area contributed by atoms with Gasteiger partial charge in [-0.3, -0.25) is 4.99 Å². The van der Waals surface area contributed by atoms with E-state index in [9.17, 15) is 0 Å². The summed E-state index contributed by atoms with van der Waals surface area (Å²) in [5.41, 5.74) is 2.17. The smallest absolute Gasteiger partial charge is 0.123 e. The monoisotopic (exact) mass is 322 g/mol. The Balaban J connectivity index is 2.60. The van der Waals surface area contributed by atoms with Gasteiger partial charge in [-0.05, 0) is 42.8 Å². The number of nitrogens with zero attached hydrogens (tertiary/aromatic N) is 2. The molecule has 0 atom stereocenters. The lowest BCUT2D eigenvalue weighted by Crippen LogP contribution is -2.09. The second-order valence-corrected chi connectivity index (χ2v) is 6.25. The molecule has 0 spiro atoms. The van der Waals surface area contributed by atoms with Gasteiger partial charge in [0.1, 0.15) is 6.73 Å². The van der Waals surface area contributed by atoms with Crippen LogP contribution in [0.1, 0.15) is 26.3 Å². The molecule has 0 radical (unpaired) electrons. The predicted octanol–water partition coefficient (Wildman–Crippen LogP) is 4.23. The van der Waals surface area contributed by atoms with Crippen molar-refractivity contribution in [3.8, 4) is 0 Å². The summed E-state index contributed by atoms with van der Waals surface area (Å²) in [4.78, 5) is 4.60. The number of methoxy groups -OCH3 is 1. The lowest BCUT2D eigenvalue weighted by molar-refractivity contribution is 0.133. The topological polar surface area (TPSA) is 26.5 Å². The van der Waals surface area contributed by atoms with Gasteiger partial charge in [-0.2, -0.15) is 0 Å². The van der Waals surface area contributed by atoms with E-state index in [0.717, 1.165) is 15.7 Å². The predicted molar refractivity (Wildman–Crippen MR) is 84.0 cm³/mol. The summed E-state index contributed by atoms with van der Waals surface area (Å²) in [7, 11) is 1.70. The van der Waals surface area contributed by atoms with Gasteiger partial charge in [0.25, 0.3) is 0 Å². The van der Waals surface area contributed by atoms with Crippen LogP contribution in [0.5, 0.6) is 0 Å². The van der Waals surface area contributed by atoms with E-state index in [4.69, 9.17) is 4.74 Å². The van der Waals surface area contributed by atoms with Gasteiger partial charge in [-0.1, -0.05) is 18.2 Å². The lowest BCUT2D eigenvalue weighted by Gasteiger charge is -2.10. The molecule has 0 saturated heterocycles. The van der Waals surface area contributed by atoms with E-state index in [0.29, 0.717) is 6.73 Å². The third kappa shape index (κ3) is 3.07. The average Bonchev–Trinajstić information content (AvgIpc) is 2.60. The highest BCUT2D eigenvalue weighted by Gasteiger charge is 2.14. The first-order valence-electron chi connectivity index (χ1n) is 6.25. The highest BCUT2D eigenvalue weighted by atomic mass is 79.9. The minimum absolute atomic E-state index is 0.0795. The largest absolute Gasteiger partial charge is 0.364 e. The normalized spacial score (nSPS) is 12.7. The van der Waals surface area contributed by atoms with Gasteiger partial charge in [-0.15, -0.1) is 0 Å². The first-order valence-corrected chi connectivity index (χ1v) is 7.04. The molecule has 2 aromatic rings. The van der Waals surface area contributed by atoms with Crippen molar-refractivity contribution in [1.29, 1.82) is 0 Å². The summed E-state index contributed by atoms with van der Waals surface area (Å²) >= 11 is 3.66. The Kier molecular flexibility index (Phi) is 4.11. The van der Waals surface area contributed by atoms with E-state index in [1.165, 1.54) is 5.39 Å². The van der Waals surface area contributed by atoms with Crippen molar-refractivity contribution in [2.75, 3.05) is 7.11 Å². The molecule has 0 amide bonds. The van der Waals surface area contributed by atoms with Gasteiger partial charge in [-0.25, -0.2) is 0 Å². The van der Waals surface area contributed by atoms with Crippen LogP contribution in [-0.2, 0) is 11.5 Å². The number of rotatable bonds is 3. The van der Waals surface area contributed by atoms with Crippen molar-refractivity contribution in [1.82, 2.24) is 4.57 Å². The molecule has 4 heteroatoms. The van der Waals surface area contributed by atoms with Gasteiger partial charge in [0, 0.05) is 24.3 Å². The third-order valence-electron chi connectivity index (χ3n) is 2.78. The molecule has 19 heavy (non-hydrogen) atoms. The molecule has 0 aliphatic rings. The zero-order valence-electron chi connectivity index (χ0n) is 11.8. The molecule has 1 aromatic carbocycles. The third-order valence-corrected chi connectivity index (χ3v) is 3.64. The molecule has 102 valence electrons. The summed E-state index contributed by atoms with van der Waals surface area (Å²) < 4.78 is 8.36. The van der Waals surface area contributed by atoms with E-state index in [2.05, 4.69) is 58.4 Å². The number of para-hydroxylation sites is 1. The second-order valence-electron chi connectivity index (χ2n) is 5.50. The zero-order chi connectivity index (χ0) is 14.0. The Morgan fingerprint density at radius 3 is 2.63 bits per heavy atom. The number of ether oxygens (including phenoxy) is 1. The molecule has 0 fully saturated rings. The van der Waals surface area contributed by atoms with Crippen LogP contribution in [0.3, 0.4) is 0 Å². The maximum absolute atomic E-state index is 5.26. The van der Waals surface area contributed by atoms with Crippen molar-refractivity contribution in [2.24, 2.45) is 4.99 Å². The molecule has 0 aliphatic heterocycles. The summed E-state index contributed by atoms with van der Waals surface area (Å²) in [6.07, 6.45) is 1.94. The highest BCUT2D eigenvalue weighted by molar-refractivity contribution is 9.10. The number of benzene rings is 1. The molecule has 1 aromatic heterocycles. The fourth-order valence-corrected chi connectivity index (χ4v) is 2.54. The number of aliphatic imine (C=N–C) groups is 1. The quantitative estimate of drug-likeness (QED) is 0.777. The fraction of sp³-hybridized carbons (Fsp3) is 0.400. The maximum Gasteiger partial charge on any atom is 0.123 e. The first-order chi connectivity index (χ1) is 8.94. The Morgan fingerprint density at radius 1 is 1.32 bits per heavy atom. The number of halogens is 1. The van der Waals surface area contributed by atoms with Crippen molar-refractivity contribution in [3.63, 3.8) is 0 Å². The zero-order valence-corrected chi connectivity index (χ0v) is 13.4.